The van der Waals surface area contributed by atoms with E-state index in [2.05, 4.69) is 0 Å². The highest BCUT2D eigenvalue weighted by Crippen LogP contribution is 2.28. The summed E-state index contributed by atoms with van der Waals surface area (Å²) in [4.78, 5) is 12.1. The van der Waals surface area contributed by atoms with Crippen LogP contribution in [0.25, 0.3) is 0 Å². The van der Waals surface area contributed by atoms with Gasteiger partial charge in [0, 0.05) is 5.41 Å². The van der Waals surface area contributed by atoms with Gasteiger partial charge in [0.05, 0.1) is 24.3 Å². The fourth-order valence-corrected chi connectivity index (χ4v) is 1.35. The molecular weight excluding hydrogens is 202 g/mol. The Morgan fingerprint density at radius 3 is 2.44 bits per heavy atom. The van der Waals surface area contributed by atoms with Crippen molar-refractivity contribution in [3.05, 3.63) is 29.3 Å². The Labute approximate surface area is 95.7 Å². The monoisotopic (exact) mass is 217 g/mol. The van der Waals surface area contributed by atoms with Gasteiger partial charge in [0.2, 0.25) is 0 Å². The van der Waals surface area contributed by atoms with Crippen molar-refractivity contribution in [3.8, 4) is 11.8 Å². The maximum absolute atomic E-state index is 12.1. The molecule has 0 atom stereocenters. The fourth-order valence-electron chi connectivity index (χ4n) is 1.35. The van der Waals surface area contributed by atoms with Crippen LogP contribution in [0.15, 0.2) is 18.2 Å². The molecule has 0 N–H and O–H groups in total. The highest BCUT2D eigenvalue weighted by molar-refractivity contribution is 6.02. The minimum Gasteiger partial charge on any atom is -0.496 e. The van der Waals surface area contributed by atoms with Crippen molar-refractivity contribution in [2.45, 2.75) is 20.8 Å². The maximum atomic E-state index is 12.1. The van der Waals surface area contributed by atoms with E-state index in [9.17, 15) is 4.79 Å². The first-order valence-corrected chi connectivity index (χ1v) is 5.03. The number of hydrogen-bond acceptors (Lipinski definition) is 3. The van der Waals surface area contributed by atoms with E-state index in [1.54, 1.807) is 18.2 Å². The van der Waals surface area contributed by atoms with Crippen molar-refractivity contribution in [1.29, 1.82) is 5.26 Å². The van der Waals surface area contributed by atoms with Crippen LogP contribution in [0, 0.1) is 16.7 Å². The Morgan fingerprint density at radius 1 is 1.38 bits per heavy atom. The lowest BCUT2D eigenvalue weighted by molar-refractivity contribution is 0.0855. The topological polar surface area (TPSA) is 50.1 Å². The molecule has 0 aliphatic rings. The molecule has 0 fully saturated rings. The van der Waals surface area contributed by atoms with Gasteiger partial charge in [-0.05, 0) is 18.2 Å². The van der Waals surface area contributed by atoms with Gasteiger partial charge < -0.3 is 4.74 Å². The second kappa shape index (κ2) is 4.36. The number of carbonyl (C=O) groups excluding carboxylic acids is 1. The highest BCUT2D eigenvalue weighted by Gasteiger charge is 2.25. The van der Waals surface area contributed by atoms with Crippen molar-refractivity contribution in [2.24, 2.45) is 5.41 Å². The van der Waals surface area contributed by atoms with E-state index < -0.39 is 5.41 Å². The van der Waals surface area contributed by atoms with Crippen molar-refractivity contribution < 1.29 is 9.53 Å². The second-order valence-corrected chi connectivity index (χ2v) is 4.61. The first kappa shape index (κ1) is 12.3. The third-order valence-corrected chi connectivity index (χ3v) is 2.26. The molecule has 0 heterocycles. The molecule has 0 unspecified atom stereocenters. The van der Waals surface area contributed by atoms with Crippen LogP contribution in [0.3, 0.4) is 0 Å². The molecule has 0 bridgehead atoms. The van der Waals surface area contributed by atoms with Gasteiger partial charge in [-0.1, -0.05) is 20.8 Å². The summed E-state index contributed by atoms with van der Waals surface area (Å²) in [5, 5.41) is 8.76. The van der Waals surface area contributed by atoms with Gasteiger partial charge in [0.15, 0.2) is 5.78 Å². The Hall–Kier alpha value is -1.82. The van der Waals surface area contributed by atoms with Crippen molar-refractivity contribution in [3.63, 3.8) is 0 Å². The molecule has 0 aliphatic heterocycles. The summed E-state index contributed by atoms with van der Waals surface area (Å²) in [5.41, 5.74) is 0.554. The molecule has 0 aliphatic carbocycles. The summed E-state index contributed by atoms with van der Waals surface area (Å²) in [6, 6.07) is 6.87. The summed E-state index contributed by atoms with van der Waals surface area (Å²) in [6.07, 6.45) is 0. The lowest BCUT2D eigenvalue weighted by Gasteiger charge is -2.18. The third-order valence-electron chi connectivity index (χ3n) is 2.26. The van der Waals surface area contributed by atoms with E-state index >= 15 is 0 Å². The van der Waals surface area contributed by atoms with E-state index in [-0.39, 0.29) is 5.78 Å². The number of carbonyl (C=O) groups is 1. The van der Waals surface area contributed by atoms with Gasteiger partial charge in [0.25, 0.3) is 0 Å². The number of ketones is 1. The summed E-state index contributed by atoms with van der Waals surface area (Å²) >= 11 is 0. The van der Waals surface area contributed by atoms with Gasteiger partial charge >= 0.3 is 0 Å². The van der Waals surface area contributed by atoms with Gasteiger partial charge in [-0.3, -0.25) is 4.79 Å². The molecule has 3 heteroatoms. The van der Waals surface area contributed by atoms with Crippen LogP contribution in [-0.4, -0.2) is 12.9 Å². The molecule has 0 saturated carbocycles. The van der Waals surface area contributed by atoms with Crippen molar-refractivity contribution in [1.82, 2.24) is 0 Å². The molecular formula is C13H15NO2. The van der Waals surface area contributed by atoms with Crippen molar-refractivity contribution >= 4 is 5.78 Å². The molecule has 0 saturated heterocycles. The van der Waals surface area contributed by atoms with E-state index in [4.69, 9.17) is 10.00 Å². The third kappa shape index (κ3) is 2.40. The summed E-state index contributed by atoms with van der Waals surface area (Å²) in [5.74, 6) is 0.466. The number of rotatable bonds is 2. The number of hydrogen-bond donors (Lipinski definition) is 0. The number of Topliss-reactive ketones (excluding diaryl/α,β-unsaturated/α-hetero) is 1. The maximum Gasteiger partial charge on any atom is 0.171 e. The zero-order valence-electron chi connectivity index (χ0n) is 10.00. The smallest absolute Gasteiger partial charge is 0.171 e. The van der Waals surface area contributed by atoms with Crippen molar-refractivity contribution in [2.75, 3.05) is 7.11 Å². The highest BCUT2D eigenvalue weighted by atomic mass is 16.5. The van der Waals surface area contributed by atoms with Crippen LogP contribution in [0.1, 0.15) is 36.7 Å². The van der Waals surface area contributed by atoms with Crippen LogP contribution < -0.4 is 4.74 Å². The normalized spacial score (nSPS) is 10.7. The van der Waals surface area contributed by atoms with E-state index in [1.807, 2.05) is 26.8 Å². The standard InChI is InChI=1S/C13H15NO2/c1-13(2,3)12(15)10-6-5-9(8-14)7-11(10)16-4/h5-7H,1-4H3. The van der Waals surface area contributed by atoms with Gasteiger partial charge in [-0.2, -0.15) is 5.26 Å². The Balaban J connectivity index is 3.26. The molecule has 0 spiro atoms. The van der Waals surface area contributed by atoms with Crippen LogP contribution in [0.2, 0.25) is 0 Å². The lowest BCUT2D eigenvalue weighted by atomic mass is 9.86. The van der Waals surface area contributed by atoms with Crippen LogP contribution >= 0.6 is 0 Å². The van der Waals surface area contributed by atoms with E-state index in [1.165, 1.54) is 7.11 Å². The quantitative estimate of drug-likeness (QED) is 0.716. The largest absolute Gasteiger partial charge is 0.496 e. The minimum atomic E-state index is -0.457. The molecule has 84 valence electrons. The number of nitrogens with zero attached hydrogens (tertiary/aromatic N) is 1. The number of benzene rings is 1. The molecule has 1 aromatic rings. The first-order chi connectivity index (χ1) is 7.40. The molecule has 1 rings (SSSR count). The zero-order valence-corrected chi connectivity index (χ0v) is 10.00. The Morgan fingerprint density at radius 2 is 2.00 bits per heavy atom. The van der Waals surface area contributed by atoms with Crippen LogP contribution in [-0.2, 0) is 0 Å². The molecule has 1 aromatic carbocycles. The van der Waals surface area contributed by atoms with Gasteiger partial charge in [-0.25, -0.2) is 0 Å². The molecule has 0 radical (unpaired) electrons. The van der Waals surface area contributed by atoms with E-state index in [0.29, 0.717) is 16.9 Å². The Bertz CT molecular complexity index is 450. The van der Waals surface area contributed by atoms with Gasteiger partial charge in [-0.15, -0.1) is 0 Å². The predicted molar refractivity (Wildman–Crippen MR) is 61.5 cm³/mol. The molecule has 0 aromatic heterocycles. The second-order valence-electron chi connectivity index (χ2n) is 4.61. The Kier molecular flexibility index (Phi) is 3.34. The molecule has 3 nitrogen and oxygen atoms in total. The van der Waals surface area contributed by atoms with Crippen LogP contribution in [0.4, 0.5) is 0 Å². The lowest BCUT2D eigenvalue weighted by Crippen LogP contribution is -2.20. The predicted octanol–water partition coefficient (Wildman–Crippen LogP) is 2.80. The zero-order chi connectivity index (χ0) is 12.3. The number of nitriles is 1. The summed E-state index contributed by atoms with van der Waals surface area (Å²) < 4.78 is 5.13. The van der Waals surface area contributed by atoms with E-state index in [0.717, 1.165) is 0 Å². The summed E-state index contributed by atoms with van der Waals surface area (Å²) in [7, 11) is 1.50. The fraction of sp³-hybridized carbons (Fsp3) is 0.385. The average Bonchev–Trinajstić information content (AvgIpc) is 2.26. The molecule has 16 heavy (non-hydrogen) atoms. The number of ether oxygens (including phenoxy) is 1. The SMILES string of the molecule is COc1cc(C#N)ccc1C(=O)C(C)(C)C. The first-order valence-electron chi connectivity index (χ1n) is 5.03. The average molecular weight is 217 g/mol. The van der Waals surface area contributed by atoms with Gasteiger partial charge in [0.1, 0.15) is 5.75 Å². The van der Waals surface area contributed by atoms with Crippen LogP contribution in [0.5, 0.6) is 5.75 Å². The minimum absolute atomic E-state index is 0.00818. The summed E-state index contributed by atoms with van der Waals surface area (Å²) in [6.45, 7) is 5.56. The number of methoxy groups -OCH3 is 1. The molecule has 0 amide bonds.